The first kappa shape index (κ1) is 16.6. The number of amides is 1. The molecule has 1 fully saturated rings. The van der Waals surface area contributed by atoms with Crippen molar-refractivity contribution < 1.29 is 14.6 Å². The molecular weight excluding hydrogens is 334 g/mol. The Balaban J connectivity index is 1.63. The van der Waals surface area contributed by atoms with Crippen LogP contribution in [-0.4, -0.2) is 43.0 Å². The summed E-state index contributed by atoms with van der Waals surface area (Å²) in [4.78, 5) is 20.8. The molecule has 0 spiro atoms. The second-order valence-corrected chi connectivity index (χ2v) is 6.21. The van der Waals surface area contributed by atoms with Gasteiger partial charge in [-0.2, -0.15) is 5.10 Å². The van der Waals surface area contributed by atoms with Crippen LogP contribution in [0.1, 0.15) is 36.4 Å². The molecule has 3 heterocycles. The Morgan fingerprint density at radius 2 is 2.15 bits per heavy atom. The molecular formula is C18H19N5O3. The van der Waals surface area contributed by atoms with Crippen LogP contribution in [0.2, 0.25) is 0 Å². The standard InChI is InChI=1S/C18H19N5O3/c1-2-14-13(24)8-15(26-14)23-17-12(9-21-23)16(19-10-20-17)22-18(25)11-6-4-3-5-7-11/h3-7,9-10,13-15,24H,2,8H2,1H3,(H,19,20,22,25)/t13-,14+,15+/m0/s1. The highest BCUT2D eigenvalue weighted by molar-refractivity contribution is 6.07. The molecule has 0 unspecified atom stereocenters. The van der Waals surface area contributed by atoms with Crippen LogP contribution in [0.3, 0.4) is 0 Å². The third-order valence-corrected chi connectivity index (χ3v) is 4.54. The van der Waals surface area contributed by atoms with Crippen LogP contribution in [0, 0.1) is 0 Å². The van der Waals surface area contributed by atoms with Crippen LogP contribution in [0.5, 0.6) is 0 Å². The zero-order valence-corrected chi connectivity index (χ0v) is 14.2. The van der Waals surface area contributed by atoms with Gasteiger partial charge in [0.2, 0.25) is 0 Å². The highest BCUT2D eigenvalue weighted by atomic mass is 16.5. The number of nitrogens with one attached hydrogen (secondary N) is 1. The molecule has 134 valence electrons. The largest absolute Gasteiger partial charge is 0.390 e. The molecule has 26 heavy (non-hydrogen) atoms. The summed E-state index contributed by atoms with van der Waals surface area (Å²) in [7, 11) is 0. The number of rotatable bonds is 4. The summed E-state index contributed by atoms with van der Waals surface area (Å²) >= 11 is 0. The van der Waals surface area contributed by atoms with E-state index in [0.717, 1.165) is 6.42 Å². The van der Waals surface area contributed by atoms with E-state index in [1.165, 1.54) is 6.33 Å². The van der Waals surface area contributed by atoms with Crippen LogP contribution >= 0.6 is 0 Å². The smallest absolute Gasteiger partial charge is 0.256 e. The van der Waals surface area contributed by atoms with Gasteiger partial charge in [0.05, 0.1) is 23.8 Å². The number of aromatic nitrogens is 4. The highest BCUT2D eigenvalue weighted by Crippen LogP contribution is 2.32. The van der Waals surface area contributed by atoms with Gasteiger partial charge < -0.3 is 15.2 Å². The van der Waals surface area contributed by atoms with Crippen molar-refractivity contribution in [2.24, 2.45) is 0 Å². The van der Waals surface area contributed by atoms with Crippen molar-refractivity contribution in [2.45, 2.75) is 38.2 Å². The second kappa shape index (κ2) is 6.81. The van der Waals surface area contributed by atoms with Gasteiger partial charge in [0, 0.05) is 12.0 Å². The number of aliphatic hydroxyl groups excluding tert-OH is 1. The fourth-order valence-corrected chi connectivity index (χ4v) is 3.17. The predicted octanol–water partition coefficient (Wildman–Crippen LogP) is 2.14. The van der Waals surface area contributed by atoms with E-state index in [2.05, 4.69) is 20.4 Å². The van der Waals surface area contributed by atoms with Crippen molar-refractivity contribution in [3.05, 3.63) is 48.4 Å². The molecule has 3 atom stereocenters. The first-order valence-corrected chi connectivity index (χ1v) is 8.55. The van der Waals surface area contributed by atoms with Crippen LogP contribution in [-0.2, 0) is 4.74 Å². The number of carbonyl (C=O) groups excluding carboxylic acids is 1. The van der Waals surface area contributed by atoms with Crippen LogP contribution in [0.25, 0.3) is 11.0 Å². The van der Waals surface area contributed by atoms with E-state index in [1.54, 1.807) is 35.1 Å². The van der Waals surface area contributed by atoms with Crippen LogP contribution < -0.4 is 5.32 Å². The Labute approximate surface area is 149 Å². The normalized spacial score (nSPS) is 22.6. The lowest BCUT2D eigenvalue weighted by molar-refractivity contribution is -0.0232. The Morgan fingerprint density at radius 1 is 1.35 bits per heavy atom. The molecule has 8 heteroatoms. The number of hydrogen-bond acceptors (Lipinski definition) is 6. The van der Waals surface area contributed by atoms with Crippen molar-refractivity contribution in [1.82, 2.24) is 19.7 Å². The summed E-state index contributed by atoms with van der Waals surface area (Å²) in [6, 6.07) is 8.92. The van der Waals surface area contributed by atoms with E-state index in [-0.39, 0.29) is 18.2 Å². The lowest BCUT2D eigenvalue weighted by Crippen LogP contribution is -2.19. The summed E-state index contributed by atoms with van der Waals surface area (Å²) in [6.45, 7) is 1.97. The zero-order valence-electron chi connectivity index (χ0n) is 14.2. The van der Waals surface area contributed by atoms with Gasteiger partial charge >= 0.3 is 0 Å². The number of hydrogen-bond donors (Lipinski definition) is 2. The minimum absolute atomic E-state index is 0.210. The molecule has 2 aromatic heterocycles. The number of carbonyl (C=O) groups is 1. The Hall–Kier alpha value is -2.84. The van der Waals surface area contributed by atoms with Crippen LogP contribution in [0.4, 0.5) is 5.82 Å². The summed E-state index contributed by atoms with van der Waals surface area (Å²) < 4.78 is 7.50. The highest BCUT2D eigenvalue weighted by Gasteiger charge is 2.35. The van der Waals surface area contributed by atoms with Crippen molar-refractivity contribution in [1.29, 1.82) is 0 Å². The number of aliphatic hydroxyl groups is 1. The summed E-state index contributed by atoms with van der Waals surface area (Å²) in [5, 5.41) is 17.8. The number of ether oxygens (including phenoxy) is 1. The predicted molar refractivity (Wildman–Crippen MR) is 94.5 cm³/mol. The average molecular weight is 353 g/mol. The summed E-state index contributed by atoms with van der Waals surface area (Å²) in [5.41, 5.74) is 1.09. The zero-order chi connectivity index (χ0) is 18.1. The van der Waals surface area contributed by atoms with Crippen molar-refractivity contribution in [3.8, 4) is 0 Å². The van der Waals surface area contributed by atoms with Gasteiger partial charge in [-0.05, 0) is 18.6 Å². The number of fused-ring (bicyclic) bond motifs is 1. The van der Waals surface area contributed by atoms with Crippen molar-refractivity contribution in [3.63, 3.8) is 0 Å². The van der Waals surface area contributed by atoms with E-state index in [9.17, 15) is 9.90 Å². The molecule has 1 aliphatic rings. The summed E-state index contributed by atoms with van der Waals surface area (Å²) in [5.74, 6) is 0.137. The third kappa shape index (κ3) is 2.93. The second-order valence-electron chi connectivity index (χ2n) is 6.21. The van der Waals surface area contributed by atoms with E-state index >= 15 is 0 Å². The van der Waals surface area contributed by atoms with Crippen molar-refractivity contribution in [2.75, 3.05) is 5.32 Å². The van der Waals surface area contributed by atoms with E-state index in [1.807, 2.05) is 13.0 Å². The molecule has 1 amide bonds. The molecule has 3 aromatic rings. The van der Waals surface area contributed by atoms with Gasteiger partial charge in [0.15, 0.2) is 11.9 Å². The molecule has 0 saturated carbocycles. The quantitative estimate of drug-likeness (QED) is 0.745. The fourth-order valence-electron chi connectivity index (χ4n) is 3.17. The lowest BCUT2D eigenvalue weighted by atomic mass is 10.1. The van der Waals surface area contributed by atoms with Gasteiger partial charge in [-0.15, -0.1) is 0 Å². The molecule has 0 bridgehead atoms. The monoisotopic (exact) mass is 353 g/mol. The minimum Gasteiger partial charge on any atom is -0.390 e. The average Bonchev–Trinajstić information content (AvgIpc) is 3.26. The molecule has 1 aliphatic heterocycles. The molecule has 8 nitrogen and oxygen atoms in total. The fraction of sp³-hybridized carbons (Fsp3) is 0.333. The van der Waals surface area contributed by atoms with Gasteiger partial charge in [-0.25, -0.2) is 14.6 Å². The molecule has 4 rings (SSSR count). The minimum atomic E-state index is -0.525. The van der Waals surface area contributed by atoms with Crippen molar-refractivity contribution >= 4 is 22.8 Å². The maximum atomic E-state index is 12.4. The topological polar surface area (TPSA) is 102 Å². The number of nitrogens with zero attached hydrogens (tertiary/aromatic N) is 4. The SMILES string of the molecule is CC[C@H]1O[C@@H](n2ncc3c(NC(=O)c4ccccc4)ncnc32)C[C@@H]1O. The Morgan fingerprint density at radius 3 is 2.88 bits per heavy atom. The van der Waals surface area contributed by atoms with Gasteiger partial charge in [0.1, 0.15) is 12.1 Å². The maximum Gasteiger partial charge on any atom is 0.256 e. The Bertz CT molecular complexity index is 927. The number of benzene rings is 1. The van der Waals surface area contributed by atoms with Gasteiger partial charge in [0.25, 0.3) is 5.91 Å². The van der Waals surface area contributed by atoms with Gasteiger partial charge in [-0.1, -0.05) is 25.1 Å². The first-order valence-electron chi connectivity index (χ1n) is 8.55. The Kier molecular flexibility index (Phi) is 4.36. The number of anilines is 1. The molecule has 1 saturated heterocycles. The van der Waals surface area contributed by atoms with Gasteiger partial charge in [-0.3, -0.25) is 4.79 Å². The first-order chi connectivity index (χ1) is 12.7. The molecule has 2 N–H and O–H groups in total. The van der Waals surface area contributed by atoms with E-state index in [0.29, 0.717) is 28.8 Å². The van der Waals surface area contributed by atoms with E-state index < -0.39 is 6.10 Å². The maximum absolute atomic E-state index is 12.4. The summed E-state index contributed by atoms with van der Waals surface area (Å²) in [6.07, 6.45) is 3.03. The van der Waals surface area contributed by atoms with Crippen LogP contribution in [0.15, 0.2) is 42.9 Å². The molecule has 1 aromatic carbocycles. The third-order valence-electron chi connectivity index (χ3n) is 4.54. The van der Waals surface area contributed by atoms with E-state index in [4.69, 9.17) is 4.74 Å². The molecule has 0 radical (unpaired) electrons. The molecule has 0 aliphatic carbocycles. The lowest BCUT2D eigenvalue weighted by Gasteiger charge is -2.13.